The molecule has 0 aliphatic carbocycles. The Bertz CT molecular complexity index is 246. The molecule has 2 atom stereocenters. The van der Waals surface area contributed by atoms with E-state index in [1.54, 1.807) is 0 Å². The quantitative estimate of drug-likeness (QED) is 0.776. The minimum atomic E-state index is 0.443. The van der Waals surface area contributed by atoms with Crippen LogP contribution in [-0.4, -0.2) is 12.0 Å². The highest BCUT2D eigenvalue weighted by Crippen LogP contribution is 2.21. The van der Waals surface area contributed by atoms with E-state index in [1.165, 1.54) is 18.4 Å². The Morgan fingerprint density at radius 2 is 2.29 bits per heavy atom. The summed E-state index contributed by atoms with van der Waals surface area (Å²) >= 11 is 0. The Morgan fingerprint density at radius 1 is 1.50 bits per heavy atom. The summed E-state index contributed by atoms with van der Waals surface area (Å²) in [4.78, 5) is 4.15. The van der Waals surface area contributed by atoms with Crippen molar-refractivity contribution in [3.8, 4) is 0 Å². The van der Waals surface area contributed by atoms with Crippen molar-refractivity contribution in [1.82, 2.24) is 10.3 Å². The molecule has 1 aromatic rings. The molecular weight excluding hydrogens is 172 g/mol. The number of nitrogens with zero attached hydrogens (tertiary/aromatic N) is 1. The van der Waals surface area contributed by atoms with Gasteiger partial charge in [0.2, 0.25) is 0 Å². The predicted molar refractivity (Wildman–Crippen MR) is 60.1 cm³/mol. The summed E-state index contributed by atoms with van der Waals surface area (Å²) in [5.74, 6) is 0.757. The van der Waals surface area contributed by atoms with Crippen LogP contribution >= 0.6 is 0 Å². The van der Waals surface area contributed by atoms with Gasteiger partial charge in [0.05, 0.1) is 0 Å². The third kappa shape index (κ3) is 3.11. The molecule has 1 heterocycles. The zero-order valence-corrected chi connectivity index (χ0v) is 9.33. The van der Waals surface area contributed by atoms with Gasteiger partial charge in [0.25, 0.3) is 0 Å². The van der Waals surface area contributed by atoms with Crippen LogP contribution in [0.3, 0.4) is 0 Å². The van der Waals surface area contributed by atoms with Crippen LogP contribution in [0.15, 0.2) is 24.5 Å². The molecule has 2 heteroatoms. The summed E-state index contributed by atoms with van der Waals surface area (Å²) in [5.41, 5.74) is 1.29. The third-order valence-electron chi connectivity index (χ3n) is 2.77. The standard InChI is InChI=1S/C12H20N2/c1-4-10(2)8-12(13-3)11-6-5-7-14-9-11/h5-7,9-10,12-13H,4,8H2,1-3H3. The highest BCUT2D eigenvalue weighted by Gasteiger charge is 2.11. The van der Waals surface area contributed by atoms with Crippen molar-refractivity contribution in [2.75, 3.05) is 7.05 Å². The van der Waals surface area contributed by atoms with Crippen LogP contribution in [0.4, 0.5) is 0 Å². The van der Waals surface area contributed by atoms with Crippen molar-refractivity contribution in [1.29, 1.82) is 0 Å². The largest absolute Gasteiger partial charge is 0.313 e. The molecule has 0 aliphatic rings. The van der Waals surface area contributed by atoms with E-state index in [4.69, 9.17) is 0 Å². The summed E-state index contributed by atoms with van der Waals surface area (Å²) < 4.78 is 0. The molecule has 0 saturated carbocycles. The van der Waals surface area contributed by atoms with E-state index >= 15 is 0 Å². The Kier molecular flexibility index (Phi) is 4.60. The van der Waals surface area contributed by atoms with Gasteiger partial charge in [-0.05, 0) is 31.0 Å². The van der Waals surface area contributed by atoms with E-state index in [2.05, 4.69) is 30.2 Å². The van der Waals surface area contributed by atoms with Gasteiger partial charge < -0.3 is 5.32 Å². The highest BCUT2D eigenvalue weighted by molar-refractivity contribution is 5.13. The first kappa shape index (κ1) is 11.2. The van der Waals surface area contributed by atoms with Gasteiger partial charge in [0.15, 0.2) is 0 Å². The maximum Gasteiger partial charge on any atom is 0.0335 e. The number of aromatic nitrogens is 1. The molecule has 2 unspecified atom stereocenters. The molecule has 1 rings (SSSR count). The molecule has 0 aromatic carbocycles. The topological polar surface area (TPSA) is 24.9 Å². The first-order chi connectivity index (χ1) is 6.77. The molecule has 0 aliphatic heterocycles. The lowest BCUT2D eigenvalue weighted by atomic mass is 9.95. The van der Waals surface area contributed by atoms with Crippen molar-refractivity contribution in [3.05, 3.63) is 30.1 Å². The van der Waals surface area contributed by atoms with Crippen molar-refractivity contribution >= 4 is 0 Å². The number of hydrogen-bond acceptors (Lipinski definition) is 2. The van der Waals surface area contributed by atoms with Gasteiger partial charge in [-0.3, -0.25) is 4.98 Å². The van der Waals surface area contributed by atoms with Gasteiger partial charge in [-0.2, -0.15) is 0 Å². The number of rotatable bonds is 5. The minimum Gasteiger partial charge on any atom is -0.313 e. The fourth-order valence-electron chi connectivity index (χ4n) is 1.57. The Hall–Kier alpha value is -0.890. The molecule has 2 nitrogen and oxygen atoms in total. The van der Waals surface area contributed by atoms with E-state index in [-0.39, 0.29) is 0 Å². The fraction of sp³-hybridized carbons (Fsp3) is 0.583. The first-order valence-corrected chi connectivity index (χ1v) is 5.35. The monoisotopic (exact) mass is 192 g/mol. The molecule has 0 bridgehead atoms. The number of pyridine rings is 1. The van der Waals surface area contributed by atoms with Crippen LogP contribution in [0.5, 0.6) is 0 Å². The van der Waals surface area contributed by atoms with E-state index < -0.39 is 0 Å². The molecule has 0 radical (unpaired) electrons. The average molecular weight is 192 g/mol. The third-order valence-corrected chi connectivity index (χ3v) is 2.77. The molecule has 14 heavy (non-hydrogen) atoms. The minimum absolute atomic E-state index is 0.443. The van der Waals surface area contributed by atoms with Gasteiger partial charge in [-0.1, -0.05) is 26.3 Å². The SMILES string of the molecule is CCC(C)CC(NC)c1cccnc1. The van der Waals surface area contributed by atoms with Crippen molar-refractivity contribution in [3.63, 3.8) is 0 Å². The lowest BCUT2D eigenvalue weighted by Crippen LogP contribution is -2.18. The molecule has 0 amide bonds. The molecule has 78 valence electrons. The Morgan fingerprint density at radius 3 is 2.79 bits per heavy atom. The van der Waals surface area contributed by atoms with Gasteiger partial charge in [-0.25, -0.2) is 0 Å². The zero-order valence-electron chi connectivity index (χ0n) is 9.33. The lowest BCUT2D eigenvalue weighted by molar-refractivity contribution is 0.421. The van der Waals surface area contributed by atoms with Crippen LogP contribution in [0.2, 0.25) is 0 Å². The second kappa shape index (κ2) is 5.76. The number of nitrogens with one attached hydrogen (secondary N) is 1. The Labute approximate surface area is 86.8 Å². The van der Waals surface area contributed by atoms with Crippen LogP contribution < -0.4 is 5.32 Å². The highest BCUT2D eigenvalue weighted by atomic mass is 14.9. The molecule has 0 saturated heterocycles. The zero-order chi connectivity index (χ0) is 10.4. The predicted octanol–water partition coefficient (Wildman–Crippen LogP) is 2.78. The van der Waals surface area contributed by atoms with Crippen molar-refractivity contribution in [2.24, 2.45) is 5.92 Å². The lowest BCUT2D eigenvalue weighted by Gasteiger charge is -2.19. The summed E-state index contributed by atoms with van der Waals surface area (Å²) in [6.07, 6.45) is 6.18. The van der Waals surface area contributed by atoms with E-state index in [9.17, 15) is 0 Å². The molecule has 0 spiro atoms. The van der Waals surface area contributed by atoms with Crippen LogP contribution in [-0.2, 0) is 0 Å². The molecular formula is C12H20N2. The second-order valence-corrected chi connectivity index (χ2v) is 3.88. The van der Waals surface area contributed by atoms with E-state index in [0.29, 0.717) is 6.04 Å². The summed E-state index contributed by atoms with van der Waals surface area (Å²) in [7, 11) is 2.01. The van der Waals surface area contributed by atoms with Crippen molar-refractivity contribution in [2.45, 2.75) is 32.7 Å². The normalized spacial score (nSPS) is 15.1. The molecule has 1 N–H and O–H groups in total. The van der Waals surface area contributed by atoms with Crippen molar-refractivity contribution < 1.29 is 0 Å². The maximum absolute atomic E-state index is 4.15. The summed E-state index contributed by atoms with van der Waals surface area (Å²) in [6.45, 7) is 4.53. The van der Waals surface area contributed by atoms with E-state index in [0.717, 1.165) is 5.92 Å². The van der Waals surface area contributed by atoms with Gasteiger partial charge in [0.1, 0.15) is 0 Å². The van der Waals surface area contributed by atoms with Crippen LogP contribution in [0, 0.1) is 5.92 Å². The van der Waals surface area contributed by atoms with Gasteiger partial charge in [0, 0.05) is 18.4 Å². The molecule has 0 fully saturated rings. The number of hydrogen-bond donors (Lipinski definition) is 1. The van der Waals surface area contributed by atoms with Crippen LogP contribution in [0.1, 0.15) is 38.3 Å². The summed E-state index contributed by atoms with van der Waals surface area (Å²) in [6, 6.07) is 4.57. The van der Waals surface area contributed by atoms with Gasteiger partial charge >= 0.3 is 0 Å². The fourth-order valence-corrected chi connectivity index (χ4v) is 1.57. The Balaban J connectivity index is 2.63. The first-order valence-electron chi connectivity index (χ1n) is 5.35. The second-order valence-electron chi connectivity index (χ2n) is 3.88. The van der Waals surface area contributed by atoms with Gasteiger partial charge in [-0.15, -0.1) is 0 Å². The average Bonchev–Trinajstić information content (AvgIpc) is 2.26. The smallest absolute Gasteiger partial charge is 0.0335 e. The maximum atomic E-state index is 4.15. The molecule has 1 aromatic heterocycles. The van der Waals surface area contributed by atoms with Crippen LogP contribution in [0.25, 0.3) is 0 Å². The summed E-state index contributed by atoms with van der Waals surface area (Å²) in [5, 5.41) is 3.34. The van der Waals surface area contributed by atoms with E-state index in [1.807, 2.05) is 25.5 Å².